The summed E-state index contributed by atoms with van der Waals surface area (Å²) in [7, 11) is -1.92. The lowest BCUT2D eigenvalue weighted by Crippen LogP contribution is -2.51. The second kappa shape index (κ2) is 8.10. The van der Waals surface area contributed by atoms with E-state index in [1.807, 2.05) is 0 Å². The Morgan fingerprint density at radius 2 is 1.96 bits per heavy atom. The van der Waals surface area contributed by atoms with Crippen molar-refractivity contribution in [3.63, 3.8) is 0 Å². The Morgan fingerprint density at radius 1 is 1.26 bits per heavy atom. The lowest BCUT2D eigenvalue weighted by molar-refractivity contribution is 0.146. The zero-order valence-electron chi connectivity index (χ0n) is 13.8. The van der Waals surface area contributed by atoms with Crippen LogP contribution in [0, 0.1) is 5.92 Å². The zero-order chi connectivity index (χ0) is 16.9. The van der Waals surface area contributed by atoms with E-state index in [0.717, 1.165) is 12.8 Å². The van der Waals surface area contributed by atoms with Crippen molar-refractivity contribution in [2.75, 3.05) is 33.4 Å². The molecule has 0 amide bonds. The summed E-state index contributed by atoms with van der Waals surface area (Å²) in [6, 6.07) is 6.39. The molecule has 23 heavy (non-hydrogen) atoms. The second-order valence-electron chi connectivity index (χ2n) is 5.85. The van der Waals surface area contributed by atoms with Crippen molar-refractivity contribution in [3.8, 4) is 5.75 Å². The van der Waals surface area contributed by atoms with E-state index in [1.165, 1.54) is 0 Å². The van der Waals surface area contributed by atoms with Crippen molar-refractivity contribution >= 4 is 10.0 Å². The molecule has 1 aliphatic heterocycles. The summed E-state index contributed by atoms with van der Waals surface area (Å²) in [6.45, 7) is 3.86. The lowest BCUT2D eigenvalue weighted by atomic mass is 9.93. The highest BCUT2D eigenvalue weighted by Crippen LogP contribution is 2.29. The van der Waals surface area contributed by atoms with E-state index < -0.39 is 10.0 Å². The largest absolute Gasteiger partial charge is 0.491 e. The standard InChI is InChI=1S/C16H26N2O4S/c1-13-4-3-9-18(16(13)12-17)23(19,20)15-7-5-14(6-8-15)22-11-10-21-2/h5-8,13,16H,3-4,9-12,17H2,1-2H3/t13-,16-/m1/s1. The van der Waals surface area contributed by atoms with E-state index in [0.29, 0.717) is 32.1 Å². The molecule has 1 heterocycles. The topological polar surface area (TPSA) is 81.9 Å². The van der Waals surface area contributed by atoms with Crippen molar-refractivity contribution in [1.82, 2.24) is 4.31 Å². The molecule has 1 fully saturated rings. The van der Waals surface area contributed by atoms with Gasteiger partial charge in [0.25, 0.3) is 0 Å². The van der Waals surface area contributed by atoms with Crippen molar-refractivity contribution in [2.24, 2.45) is 11.7 Å². The first-order valence-corrected chi connectivity index (χ1v) is 9.38. The molecular weight excluding hydrogens is 316 g/mol. The van der Waals surface area contributed by atoms with Crippen LogP contribution in [-0.4, -0.2) is 52.2 Å². The van der Waals surface area contributed by atoms with Crippen LogP contribution < -0.4 is 10.5 Å². The number of rotatable bonds is 7. The highest BCUT2D eigenvalue weighted by atomic mass is 32.2. The van der Waals surface area contributed by atoms with Crippen LogP contribution in [0.3, 0.4) is 0 Å². The van der Waals surface area contributed by atoms with Crippen LogP contribution in [0.2, 0.25) is 0 Å². The van der Waals surface area contributed by atoms with Gasteiger partial charge in [-0.2, -0.15) is 4.31 Å². The number of ether oxygens (including phenoxy) is 2. The van der Waals surface area contributed by atoms with Crippen LogP contribution in [0.15, 0.2) is 29.2 Å². The highest BCUT2D eigenvalue weighted by molar-refractivity contribution is 7.89. The van der Waals surface area contributed by atoms with E-state index in [9.17, 15) is 8.42 Å². The molecule has 7 heteroatoms. The Morgan fingerprint density at radius 3 is 2.57 bits per heavy atom. The van der Waals surface area contributed by atoms with Gasteiger partial charge in [0.1, 0.15) is 12.4 Å². The molecule has 6 nitrogen and oxygen atoms in total. The Kier molecular flexibility index (Phi) is 6.41. The summed E-state index contributed by atoms with van der Waals surface area (Å²) in [5.74, 6) is 0.906. The van der Waals surface area contributed by atoms with Gasteiger partial charge in [0.15, 0.2) is 0 Å². The number of methoxy groups -OCH3 is 1. The Hall–Kier alpha value is -1.15. The molecule has 0 aliphatic carbocycles. The normalized spacial score (nSPS) is 22.9. The summed E-state index contributed by atoms with van der Waals surface area (Å²) in [5, 5.41) is 0. The first kappa shape index (κ1) is 18.2. The quantitative estimate of drug-likeness (QED) is 0.759. The van der Waals surface area contributed by atoms with Gasteiger partial charge in [-0.3, -0.25) is 0 Å². The molecule has 130 valence electrons. The first-order chi connectivity index (χ1) is 11.0. The Balaban J connectivity index is 2.15. The van der Waals surface area contributed by atoms with E-state index in [-0.39, 0.29) is 16.9 Å². The molecule has 1 saturated heterocycles. The first-order valence-electron chi connectivity index (χ1n) is 7.94. The van der Waals surface area contributed by atoms with Gasteiger partial charge in [-0.15, -0.1) is 0 Å². The molecule has 2 rings (SSSR count). The predicted molar refractivity (Wildman–Crippen MR) is 88.9 cm³/mol. The molecule has 1 aromatic rings. The van der Waals surface area contributed by atoms with Crippen LogP contribution in [0.4, 0.5) is 0 Å². The summed E-state index contributed by atoms with van der Waals surface area (Å²) in [4.78, 5) is 0.282. The lowest BCUT2D eigenvalue weighted by Gasteiger charge is -2.38. The molecule has 1 aliphatic rings. The van der Waals surface area contributed by atoms with E-state index in [4.69, 9.17) is 15.2 Å². The fourth-order valence-corrected chi connectivity index (χ4v) is 4.72. The zero-order valence-corrected chi connectivity index (χ0v) is 14.6. The molecule has 0 saturated carbocycles. The number of hydrogen-bond donors (Lipinski definition) is 1. The average molecular weight is 342 g/mol. The van der Waals surface area contributed by atoms with Gasteiger partial charge in [-0.25, -0.2) is 8.42 Å². The summed E-state index contributed by atoms with van der Waals surface area (Å²) in [5.41, 5.74) is 5.81. The maximum atomic E-state index is 12.9. The number of sulfonamides is 1. The minimum Gasteiger partial charge on any atom is -0.491 e. The molecule has 2 N–H and O–H groups in total. The summed E-state index contributed by atoms with van der Waals surface area (Å²) < 4.78 is 37.7. The molecule has 0 radical (unpaired) electrons. The molecule has 0 bridgehead atoms. The number of piperidine rings is 1. The van der Waals surface area contributed by atoms with Gasteiger partial charge in [-0.1, -0.05) is 6.92 Å². The predicted octanol–water partition coefficient (Wildman–Crippen LogP) is 1.46. The van der Waals surface area contributed by atoms with Crippen LogP contribution in [0.1, 0.15) is 19.8 Å². The SMILES string of the molecule is COCCOc1ccc(S(=O)(=O)N2CCC[C@@H](C)[C@H]2CN)cc1. The molecule has 0 spiro atoms. The van der Waals surface area contributed by atoms with Crippen LogP contribution in [-0.2, 0) is 14.8 Å². The maximum absolute atomic E-state index is 12.9. The second-order valence-corrected chi connectivity index (χ2v) is 7.74. The van der Waals surface area contributed by atoms with Crippen LogP contribution in [0.25, 0.3) is 0 Å². The van der Waals surface area contributed by atoms with Crippen LogP contribution >= 0.6 is 0 Å². The number of nitrogens with zero attached hydrogens (tertiary/aromatic N) is 1. The van der Waals surface area contributed by atoms with E-state index in [2.05, 4.69) is 6.92 Å². The number of hydrogen-bond acceptors (Lipinski definition) is 5. The number of benzene rings is 1. The van der Waals surface area contributed by atoms with E-state index >= 15 is 0 Å². The molecule has 0 aromatic heterocycles. The minimum atomic E-state index is -3.53. The van der Waals surface area contributed by atoms with Gasteiger partial charge in [-0.05, 0) is 43.0 Å². The Bertz CT molecular complexity index is 589. The van der Waals surface area contributed by atoms with Gasteiger partial charge in [0, 0.05) is 26.2 Å². The van der Waals surface area contributed by atoms with Crippen molar-refractivity contribution in [3.05, 3.63) is 24.3 Å². The Labute approximate surface area is 138 Å². The van der Waals surface area contributed by atoms with Gasteiger partial charge >= 0.3 is 0 Å². The van der Waals surface area contributed by atoms with Crippen molar-refractivity contribution < 1.29 is 17.9 Å². The summed E-state index contributed by atoms with van der Waals surface area (Å²) >= 11 is 0. The van der Waals surface area contributed by atoms with Crippen molar-refractivity contribution in [1.29, 1.82) is 0 Å². The fraction of sp³-hybridized carbons (Fsp3) is 0.625. The third kappa shape index (κ3) is 4.23. The van der Waals surface area contributed by atoms with Crippen molar-refractivity contribution in [2.45, 2.75) is 30.7 Å². The third-order valence-corrected chi connectivity index (χ3v) is 6.23. The maximum Gasteiger partial charge on any atom is 0.243 e. The van der Waals surface area contributed by atoms with Crippen LogP contribution in [0.5, 0.6) is 5.75 Å². The van der Waals surface area contributed by atoms with Gasteiger partial charge in [0.2, 0.25) is 10.0 Å². The van der Waals surface area contributed by atoms with Gasteiger partial charge in [0.05, 0.1) is 11.5 Å². The molecular formula is C16H26N2O4S. The third-order valence-electron chi connectivity index (χ3n) is 4.29. The minimum absolute atomic E-state index is 0.133. The summed E-state index contributed by atoms with van der Waals surface area (Å²) in [6.07, 6.45) is 1.88. The number of nitrogens with two attached hydrogens (primary N) is 1. The average Bonchev–Trinajstić information content (AvgIpc) is 2.55. The smallest absolute Gasteiger partial charge is 0.243 e. The molecule has 2 atom stereocenters. The fourth-order valence-electron chi connectivity index (χ4n) is 2.95. The monoisotopic (exact) mass is 342 g/mol. The molecule has 0 unspecified atom stereocenters. The van der Waals surface area contributed by atoms with E-state index in [1.54, 1.807) is 35.7 Å². The van der Waals surface area contributed by atoms with Gasteiger partial charge < -0.3 is 15.2 Å². The highest BCUT2D eigenvalue weighted by Gasteiger charge is 2.36. The molecule has 1 aromatic carbocycles.